The third kappa shape index (κ3) is 5.95. The lowest BCUT2D eigenvalue weighted by atomic mass is 10.0. The summed E-state index contributed by atoms with van der Waals surface area (Å²) in [6.07, 6.45) is 0. The Kier molecular flexibility index (Phi) is 6.57. The Morgan fingerprint density at radius 2 is 1.76 bits per heavy atom. The number of hydrogen-bond donors (Lipinski definition) is 1. The summed E-state index contributed by atoms with van der Waals surface area (Å²) in [6.45, 7) is 5.52. The lowest BCUT2D eigenvalue weighted by molar-refractivity contribution is -0.149. The number of anilines is 1. The minimum atomic E-state index is -0.586. The van der Waals surface area contributed by atoms with Gasteiger partial charge >= 0.3 is 5.97 Å². The zero-order chi connectivity index (χ0) is 18.2. The Hall–Kier alpha value is -2.82. The molecule has 132 valence electrons. The first-order valence-corrected chi connectivity index (χ1v) is 8.19. The molecule has 0 radical (unpaired) electrons. The summed E-state index contributed by atoms with van der Waals surface area (Å²) in [5.74, 6) is 0.0450. The van der Waals surface area contributed by atoms with E-state index in [1.165, 1.54) is 0 Å². The average Bonchev–Trinajstić information content (AvgIpc) is 2.60. The highest BCUT2D eigenvalue weighted by Crippen LogP contribution is 2.24. The molecule has 0 unspecified atom stereocenters. The van der Waals surface area contributed by atoms with Crippen LogP contribution in [0.15, 0.2) is 48.5 Å². The van der Waals surface area contributed by atoms with Gasteiger partial charge in [0.25, 0.3) is 5.91 Å². The van der Waals surface area contributed by atoms with Gasteiger partial charge in [0, 0.05) is 5.69 Å². The van der Waals surface area contributed by atoms with Crippen LogP contribution in [0, 0.1) is 6.92 Å². The van der Waals surface area contributed by atoms with Gasteiger partial charge in [-0.2, -0.15) is 0 Å². The molecular weight excluding hydrogens is 318 g/mol. The molecule has 2 aromatic carbocycles. The Balaban J connectivity index is 1.79. The molecule has 5 heteroatoms. The number of carbonyl (C=O) groups is 2. The number of rotatable bonds is 7. The predicted octanol–water partition coefficient (Wildman–Crippen LogP) is 3.68. The average molecular weight is 341 g/mol. The van der Waals surface area contributed by atoms with Crippen molar-refractivity contribution in [2.45, 2.75) is 26.7 Å². The second-order valence-corrected chi connectivity index (χ2v) is 6.04. The number of ether oxygens (including phenoxy) is 2. The highest BCUT2D eigenvalue weighted by Gasteiger charge is 2.11. The van der Waals surface area contributed by atoms with E-state index in [1.807, 2.05) is 43.3 Å². The molecule has 5 nitrogen and oxygen atoms in total. The van der Waals surface area contributed by atoms with Crippen molar-refractivity contribution in [3.63, 3.8) is 0 Å². The number of esters is 1. The second kappa shape index (κ2) is 8.87. The summed E-state index contributed by atoms with van der Waals surface area (Å²) in [4.78, 5) is 23.5. The molecule has 0 aliphatic heterocycles. The van der Waals surface area contributed by atoms with Gasteiger partial charge in [0.2, 0.25) is 0 Å². The van der Waals surface area contributed by atoms with E-state index in [0.29, 0.717) is 17.4 Å². The van der Waals surface area contributed by atoms with Crippen molar-refractivity contribution in [3.8, 4) is 5.75 Å². The van der Waals surface area contributed by atoms with Crippen LogP contribution in [0.1, 0.15) is 30.9 Å². The van der Waals surface area contributed by atoms with Crippen molar-refractivity contribution in [2.24, 2.45) is 0 Å². The van der Waals surface area contributed by atoms with Crippen molar-refractivity contribution >= 4 is 17.6 Å². The fourth-order valence-electron chi connectivity index (χ4n) is 2.17. The topological polar surface area (TPSA) is 64.6 Å². The fraction of sp³-hybridized carbons (Fsp3) is 0.300. The van der Waals surface area contributed by atoms with Gasteiger partial charge in [0.15, 0.2) is 13.2 Å². The van der Waals surface area contributed by atoms with Crippen molar-refractivity contribution in [1.29, 1.82) is 0 Å². The van der Waals surface area contributed by atoms with E-state index < -0.39 is 11.9 Å². The largest absolute Gasteiger partial charge is 0.482 e. The van der Waals surface area contributed by atoms with E-state index in [2.05, 4.69) is 19.2 Å². The number of para-hydroxylation sites is 1. The first-order valence-electron chi connectivity index (χ1n) is 8.19. The maximum absolute atomic E-state index is 11.8. The van der Waals surface area contributed by atoms with Crippen LogP contribution in [0.2, 0.25) is 0 Å². The quantitative estimate of drug-likeness (QED) is 0.780. The molecule has 0 heterocycles. The first kappa shape index (κ1) is 18.5. The van der Waals surface area contributed by atoms with Gasteiger partial charge in [-0.3, -0.25) is 4.79 Å². The molecule has 0 spiro atoms. The van der Waals surface area contributed by atoms with Crippen LogP contribution < -0.4 is 10.1 Å². The van der Waals surface area contributed by atoms with E-state index in [4.69, 9.17) is 9.47 Å². The summed E-state index contributed by atoms with van der Waals surface area (Å²) in [7, 11) is 0. The van der Waals surface area contributed by atoms with Crippen molar-refractivity contribution in [3.05, 3.63) is 59.7 Å². The highest BCUT2D eigenvalue weighted by molar-refractivity contribution is 5.92. The molecule has 0 saturated carbocycles. The molecule has 1 amide bonds. The van der Waals surface area contributed by atoms with Gasteiger partial charge in [-0.05, 0) is 42.2 Å². The number of aryl methyl sites for hydroxylation is 1. The van der Waals surface area contributed by atoms with E-state index in [-0.39, 0.29) is 13.2 Å². The molecule has 0 bridgehead atoms. The maximum Gasteiger partial charge on any atom is 0.344 e. The molecule has 0 aromatic heterocycles. The number of nitrogens with one attached hydrogen (secondary N) is 1. The summed E-state index contributed by atoms with van der Waals surface area (Å²) < 4.78 is 10.5. The third-order valence-electron chi connectivity index (χ3n) is 3.65. The maximum atomic E-state index is 11.8. The molecule has 0 aliphatic carbocycles. The molecule has 2 aromatic rings. The highest BCUT2D eigenvalue weighted by atomic mass is 16.6. The van der Waals surface area contributed by atoms with Crippen molar-refractivity contribution in [2.75, 3.05) is 18.5 Å². The van der Waals surface area contributed by atoms with E-state index in [9.17, 15) is 9.59 Å². The van der Waals surface area contributed by atoms with E-state index in [0.717, 1.165) is 11.1 Å². The fourth-order valence-corrected chi connectivity index (χ4v) is 2.17. The van der Waals surface area contributed by atoms with Crippen LogP contribution in [0.5, 0.6) is 5.75 Å². The first-order chi connectivity index (χ1) is 12.0. The van der Waals surface area contributed by atoms with E-state index in [1.54, 1.807) is 12.1 Å². The van der Waals surface area contributed by atoms with Crippen LogP contribution in [0.25, 0.3) is 0 Å². The zero-order valence-corrected chi connectivity index (χ0v) is 14.7. The van der Waals surface area contributed by atoms with Gasteiger partial charge in [0.1, 0.15) is 5.75 Å². The molecule has 25 heavy (non-hydrogen) atoms. The summed E-state index contributed by atoms with van der Waals surface area (Å²) in [5.41, 5.74) is 2.73. The lowest BCUT2D eigenvalue weighted by Gasteiger charge is -2.12. The van der Waals surface area contributed by atoms with Crippen LogP contribution in [0.3, 0.4) is 0 Å². The third-order valence-corrected chi connectivity index (χ3v) is 3.65. The molecule has 0 aliphatic rings. The lowest BCUT2D eigenvalue weighted by Crippen LogP contribution is -2.23. The summed E-state index contributed by atoms with van der Waals surface area (Å²) >= 11 is 0. The van der Waals surface area contributed by atoms with Crippen LogP contribution in [0.4, 0.5) is 5.69 Å². The Bertz CT molecular complexity index is 726. The zero-order valence-electron chi connectivity index (χ0n) is 14.7. The summed E-state index contributed by atoms with van der Waals surface area (Å²) in [6, 6.07) is 14.9. The standard InChI is InChI=1S/C20H23NO4/c1-14(2)16-10-9-15(3)18(11-16)24-13-20(23)25-12-19(22)21-17-7-5-4-6-8-17/h4-11,14H,12-13H2,1-3H3,(H,21,22). The number of benzene rings is 2. The van der Waals surface area contributed by atoms with E-state index >= 15 is 0 Å². The number of hydrogen-bond acceptors (Lipinski definition) is 4. The Morgan fingerprint density at radius 1 is 1.04 bits per heavy atom. The van der Waals surface area contributed by atoms with Crippen molar-refractivity contribution in [1.82, 2.24) is 0 Å². The predicted molar refractivity (Wildman–Crippen MR) is 96.8 cm³/mol. The van der Waals surface area contributed by atoms with Crippen molar-refractivity contribution < 1.29 is 19.1 Å². The van der Waals surface area contributed by atoms with Crippen LogP contribution in [-0.2, 0) is 14.3 Å². The normalized spacial score (nSPS) is 10.4. The molecule has 1 N–H and O–H groups in total. The Morgan fingerprint density at radius 3 is 2.44 bits per heavy atom. The van der Waals surface area contributed by atoms with Gasteiger partial charge in [0.05, 0.1) is 0 Å². The summed E-state index contributed by atoms with van der Waals surface area (Å²) in [5, 5.41) is 2.64. The van der Waals surface area contributed by atoms with Gasteiger partial charge in [-0.25, -0.2) is 4.79 Å². The van der Waals surface area contributed by atoms with Crippen LogP contribution in [-0.4, -0.2) is 25.1 Å². The minimum Gasteiger partial charge on any atom is -0.482 e. The molecule has 0 fully saturated rings. The molecule has 0 saturated heterocycles. The van der Waals surface area contributed by atoms with Gasteiger partial charge < -0.3 is 14.8 Å². The van der Waals surface area contributed by atoms with Gasteiger partial charge in [-0.15, -0.1) is 0 Å². The van der Waals surface area contributed by atoms with Crippen LogP contribution >= 0.6 is 0 Å². The number of carbonyl (C=O) groups excluding carboxylic acids is 2. The monoisotopic (exact) mass is 341 g/mol. The SMILES string of the molecule is Cc1ccc(C(C)C)cc1OCC(=O)OCC(=O)Nc1ccccc1. The molecule has 2 rings (SSSR count). The molecular formula is C20H23NO4. The Labute approximate surface area is 148 Å². The minimum absolute atomic E-state index is 0.235. The second-order valence-electron chi connectivity index (χ2n) is 6.04. The van der Waals surface area contributed by atoms with Gasteiger partial charge in [-0.1, -0.05) is 44.2 Å². The number of amides is 1. The smallest absolute Gasteiger partial charge is 0.344 e. The molecule has 0 atom stereocenters.